The fourth-order valence-corrected chi connectivity index (χ4v) is 4.13. The number of furan rings is 1. The van der Waals surface area contributed by atoms with Gasteiger partial charge in [0.25, 0.3) is 0 Å². The van der Waals surface area contributed by atoms with Crippen molar-refractivity contribution in [3.8, 4) is 0 Å². The van der Waals surface area contributed by atoms with E-state index in [0.717, 1.165) is 43.7 Å². The lowest BCUT2D eigenvalue weighted by atomic mass is 10.2. The topological polar surface area (TPSA) is 66.2 Å². The number of rotatable bonds is 13. The molecular formula is C27H38FN3O4. The summed E-state index contributed by atoms with van der Waals surface area (Å²) in [6.07, 6.45) is 3.29. The number of carbonyl (C=O) groups excluding carboxylic acids is 2. The van der Waals surface area contributed by atoms with Crippen molar-refractivity contribution in [1.82, 2.24) is 14.7 Å². The molecule has 3 rings (SSSR count). The van der Waals surface area contributed by atoms with Gasteiger partial charge in [0, 0.05) is 39.1 Å². The Morgan fingerprint density at radius 2 is 1.71 bits per heavy atom. The summed E-state index contributed by atoms with van der Waals surface area (Å²) >= 11 is 0. The summed E-state index contributed by atoms with van der Waals surface area (Å²) in [6, 6.07) is 9.85. The molecule has 0 saturated carbocycles. The van der Waals surface area contributed by atoms with Crippen molar-refractivity contribution in [2.45, 2.75) is 52.6 Å². The van der Waals surface area contributed by atoms with Crippen LogP contribution in [-0.4, -0.2) is 72.5 Å². The van der Waals surface area contributed by atoms with Gasteiger partial charge in [0.15, 0.2) is 0 Å². The predicted molar refractivity (Wildman–Crippen MR) is 132 cm³/mol. The molecule has 1 fully saturated rings. The van der Waals surface area contributed by atoms with Crippen LogP contribution in [0.25, 0.3) is 0 Å². The number of halogens is 1. The Hall–Kier alpha value is -2.71. The van der Waals surface area contributed by atoms with Crippen LogP contribution >= 0.6 is 0 Å². The molecule has 35 heavy (non-hydrogen) atoms. The Kier molecular flexibility index (Phi) is 10.8. The SMILES string of the molecule is CCCCCC(=O)N(CCN1CCOCC1)CC(=O)N(Cc1ccc(F)cc1)Cc1ccc(C)o1. The van der Waals surface area contributed by atoms with Crippen LogP contribution in [0.5, 0.6) is 0 Å². The van der Waals surface area contributed by atoms with Gasteiger partial charge in [0.05, 0.1) is 26.3 Å². The minimum atomic E-state index is -0.319. The van der Waals surface area contributed by atoms with Crippen molar-refractivity contribution in [2.24, 2.45) is 0 Å². The number of ether oxygens (including phenoxy) is 1. The number of carbonyl (C=O) groups is 2. The number of benzene rings is 1. The van der Waals surface area contributed by atoms with Crippen LogP contribution in [0.3, 0.4) is 0 Å². The van der Waals surface area contributed by atoms with Gasteiger partial charge >= 0.3 is 0 Å². The predicted octanol–water partition coefficient (Wildman–Crippen LogP) is 4.00. The molecule has 0 unspecified atom stereocenters. The fourth-order valence-electron chi connectivity index (χ4n) is 4.13. The summed E-state index contributed by atoms with van der Waals surface area (Å²) in [6.45, 7) is 8.83. The van der Waals surface area contributed by atoms with Crippen molar-refractivity contribution < 1.29 is 23.1 Å². The molecule has 0 radical (unpaired) electrons. The van der Waals surface area contributed by atoms with Gasteiger partial charge in [-0.1, -0.05) is 31.9 Å². The van der Waals surface area contributed by atoms with Gasteiger partial charge in [-0.15, -0.1) is 0 Å². The van der Waals surface area contributed by atoms with E-state index in [1.54, 1.807) is 21.9 Å². The van der Waals surface area contributed by atoms with Gasteiger partial charge < -0.3 is 19.0 Å². The van der Waals surface area contributed by atoms with Gasteiger partial charge in [-0.2, -0.15) is 0 Å². The maximum absolute atomic E-state index is 13.5. The van der Waals surface area contributed by atoms with Crippen molar-refractivity contribution in [2.75, 3.05) is 45.9 Å². The highest BCUT2D eigenvalue weighted by molar-refractivity contribution is 5.84. The van der Waals surface area contributed by atoms with E-state index in [2.05, 4.69) is 11.8 Å². The average molecular weight is 488 g/mol. The second kappa shape index (κ2) is 14.0. The third-order valence-electron chi connectivity index (χ3n) is 6.24. The molecule has 0 atom stereocenters. The lowest BCUT2D eigenvalue weighted by molar-refractivity contribution is -0.141. The molecule has 1 aliphatic heterocycles. The molecule has 2 amide bonds. The Bertz CT molecular complexity index is 925. The minimum Gasteiger partial charge on any atom is -0.464 e. The molecule has 8 heteroatoms. The summed E-state index contributed by atoms with van der Waals surface area (Å²) < 4.78 is 24.5. The normalized spacial score (nSPS) is 14.1. The number of amides is 2. The third-order valence-corrected chi connectivity index (χ3v) is 6.24. The molecule has 0 N–H and O–H groups in total. The summed E-state index contributed by atoms with van der Waals surface area (Å²) in [5.41, 5.74) is 0.817. The van der Waals surface area contributed by atoms with Crippen LogP contribution in [0.1, 0.15) is 49.7 Å². The summed E-state index contributed by atoms with van der Waals surface area (Å²) in [4.78, 5) is 32.2. The minimum absolute atomic E-state index is 0.00985. The lowest BCUT2D eigenvalue weighted by Crippen LogP contribution is -2.47. The fraction of sp³-hybridized carbons (Fsp3) is 0.556. The van der Waals surface area contributed by atoms with Crippen LogP contribution in [0.2, 0.25) is 0 Å². The summed E-state index contributed by atoms with van der Waals surface area (Å²) in [5.74, 6) is 0.976. The van der Waals surface area contributed by atoms with E-state index in [9.17, 15) is 14.0 Å². The van der Waals surface area contributed by atoms with E-state index in [0.29, 0.717) is 45.0 Å². The molecule has 192 valence electrons. The van der Waals surface area contributed by atoms with Crippen LogP contribution in [0.4, 0.5) is 4.39 Å². The number of hydrogen-bond donors (Lipinski definition) is 0. The van der Waals surface area contributed by atoms with Gasteiger partial charge in [-0.3, -0.25) is 14.5 Å². The molecular weight excluding hydrogens is 449 g/mol. The number of aryl methyl sites for hydroxylation is 1. The monoisotopic (exact) mass is 487 g/mol. The van der Waals surface area contributed by atoms with E-state index < -0.39 is 0 Å². The van der Waals surface area contributed by atoms with Gasteiger partial charge in [-0.05, 0) is 43.2 Å². The van der Waals surface area contributed by atoms with Crippen molar-refractivity contribution in [3.05, 3.63) is 59.3 Å². The van der Waals surface area contributed by atoms with Crippen molar-refractivity contribution in [3.63, 3.8) is 0 Å². The highest BCUT2D eigenvalue weighted by atomic mass is 19.1. The van der Waals surface area contributed by atoms with Gasteiger partial charge in [0.1, 0.15) is 17.3 Å². The Labute approximate surface area is 207 Å². The van der Waals surface area contributed by atoms with Crippen LogP contribution in [-0.2, 0) is 27.4 Å². The quantitative estimate of drug-likeness (QED) is 0.400. The average Bonchev–Trinajstić information content (AvgIpc) is 3.27. The number of nitrogens with zero attached hydrogens (tertiary/aromatic N) is 3. The van der Waals surface area contributed by atoms with Crippen LogP contribution < -0.4 is 0 Å². The van der Waals surface area contributed by atoms with Crippen LogP contribution in [0, 0.1) is 12.7 Å². The largest absolute Gasteiger partial charge is 0.464 e. The highest BCUT2D eigenvalue weighted by Crippen LogP contribution is 2.15. The highest BCUT2D eigenvalue weighted by Gasteiger charge is 2.23. The molecule has 0 spiro atoms. The molecule has 0 aliphatic carbocycles. The standard InChI is InChI=1S/C27H38FN3O4/c1-3-4-5-6-26(32)30(14-13-29-15-17-34-18-16-29)21-27(33)31(20-25-12-7-22(2)35-25)19-23-8-10-24(28)11-9-23/h7-12H,3-6,13-21H2,1-2H3. The molecule has 2 aromatic rings. The van der Waals surface area contributed by atoms with Crippen LogP contribution in [0.15, 0.2) is 40.8 Å². The maximum Gasteiger partial charge on any atom is 0.242 e. The van der Waals surface area contributed by atoms with E-state index >= 15 is 0 Å². The van der Waals surface area contributed by atoms with E-state index in [1.165, 1.54) is 12.1 Å². The van der Waals surface area contributed by atoms with E-state index in [4.69, 9.17) is 9.15 Å². The second-order valence-corrected chi connectivity index (χ2v) is 9.12. The number of hydrogen-bond acceptors (Lipinski definition) is 5. The summed E-state index contributed by atoms with van der Waals surface area (Å²) in [5, 5.41) is 0. The first-order valence-electron chi connectivity index (χ1n) is 12.6. The first-order valence-corrected chi connectivity index (χ1v) is 12.6. The second-order valence-electron chi connectivity index (χ2n) is 9.12. The molecule has 1 aromatic heterocycles. The van der Waals surface area contributed by atoms with Gasteiger partial charge in [-0.25, -0.2) is 4.39 Å². The van der Waals surface area contributed by atoms with E-state index in [-0.39, 0.29) is 30.7 Å². The number of morpholine rings is 1. The first-order chi connectivity index (χ1) is 16.9. The molecule has 2 heterocycles. The van der Waals surface area contributed by atoms with E-state index in [1.807, 2.05) is 19.1 Å². The Morgan fingerprint density at radius 3 is 2.37 bits per heavy atom. The molecule has 0 bridgehead atoms. The molecule has 7 nitrogen and oxygen atoms in total. The Balaban J connectivity index is 1.70. The lowest BCUT2D eigenvalue weighted by Gasteiger charge is -2.31. The Morgan fingerprint density at radius 1 is 0.971 bits per heavy atom. The molecule has 1 aromatic carbocycles. The number of unbranched alkanes of at least 4 members (excludes halogenated alkanes) is 2. The zero-order valence-corrected chi connectivity index (χ0v) is 21.0. The smallest absolute Gasteiger partial charge is 0.242 e. The van der Waals surface area contributed by atoms with Crippen molar-refractivity contribution >= 4 is 11.8 Å². The molecule has 1 saturated heterocycles. The summed E-state index contributed by atoms with van der Waals surface area (Å²) in [7, 11) is 0. The van der Waals surface area contributed by atoms with Gasteiger partial charge in [0.2, 0.25) is 11.8 Å². The molecule has 1 aliphatic rings. The van der Waals surface area contributed by atoms with Crippen molar-refractivity contribution in [1.29, 1.82) is 0 Å². The zero-order chi connectivity index (χ0) is 25.0. The third kappa shape index (κ3) is 9.11. The zero-order valence-electron chi connectivity index (χ0n) is 21.0. The maximum atomic E-state index is 13.5. The first kappa shape index (κ1) is 26.9.